The Bertz CT molecular complexity index is 1300. The number of nitrogens with zero attached hydrogens (tertiary/aromatic N) is 2. The van der Waals surface area contributed by atoms with Crippen molar-refractivity contribution < 1.29 is 22.7 Å². The van der Waals surface area contributed by atoms with Gasteiger partial charge in [0.1, 0.15) is 18.3 Å². The summed E-state index contributed by atoms with van der Waals surface area (Å²) >= 11 is 6.29. The molecule has 1 N–H and O–H groups in total. The SMILES string of the molecule is CNC(=O)[C@H](C)N(Cc1ccccc1)C(=O)CN(c1ccc(OC)c(Cl)c1)S(=O)(=O)c1ccccc1. The van der Waals surface area contributed by atoms with E-state index >= 15 is 0 Å². The second-order valence-electron chi connectivity index (χ2n) is 7.94. The topological polar surface area (TPSA) is 96.0 Å². The Morgan fingerprint density at radius 3 is 2.17 bits per heavy atom. The van der Waals surface area contributed by atoms with Gasteiger partial charge in [0.2, 0.25) is 11.8 Å². The Morgan fingerprint density at radius 1 is 1.00 bits per heavy atom. The highest BCUT2D eigenvalue weighted by Gasteiger charge is 2.32. The summed E-state index contributed by atoms with van der Waals surface area (Å²) in [6.07, 6.45) is 0. The molecule has 0 saturated carbocycles. The third-order valence-corrected chi connectivity index (χ3v) is 7.73. The fourth-order valence-electron chi connectivity index (χ4n) is 3.63. The largest absolute Gasteiger partial charge is 0.495 e. The predicted octanol–water partition coefficient (Wildman–Crippen LogP) is 3.71. The van der Waals surface area contributed by atoms with E-state index < -0.39 is 28.5 Å². The molecule has 0 radical (unpaired) electrons. The maximum absolute atomic E-state index is 13.7. The van der Waals surface area contributed by atoms with Gasteiger partial charge in [-0.15, -0.1) is 0 Å². The Morgan fingerprint density at radius 2 is 1.61 bits per heavy atom. The minimum atomic E-state index is -4.16. The van der Waals surface area contributed by atoms with Crippen LogP contribution in [0.4, 0.5) is 5.69 Å². The van der Waals surface area contributed by atoms with Crippen LogP contribution < -0.4 is 14.4 Å². The quantitative estimate of drug-likeness (QED) is 0.432. The van der Waals surface area contributed by atoms with Crippen LogP contribution in [0.2, 0.25) is 5.02 Å². The van der Waals surface area contributed by atoms with Crippen molar-refractivity contribution in [2.75, 3.05) is 25.0 Å². The molecular weight excluding hydrogens is 502 g/mol. The summed E-state index contributed by atoms with van der Waals surface area (Å²) in [7, 11) is -1.23. The molecule has 1 atom stereocenters. The Hall–Kier alpha value is -3.56. The fourth-order valence-corrected chi connectivity index (χ4v) is 5.31. The van der Waals surface area contributed by atoms with Gasteiger partial charge >= 0.3 is 0 Å². The number of rotatable bonds is 10. The predicted molar refractivity (Wildman–Crippen MR) is 139 cm³/mol. The van der Waals surface area contributed by atoms with E-state index in [1.54, 1.807) is 25.1 Å². The molecule has 10 heteroatoms. The van der Waals surface area contributed by atoms with Gasteiger partial charge in [-0.1, -0.05) is 60.1 Å². The summed E-state index contributed by atoms with van der Waals surface area (Å²) in [5.41, 5.74) is 0.983. The van der Waals surface area contributed by atoms with Gasteiger partial charge in [0.25, 0.3) is 10.0 Å². The van der Waals surface area contributed by atoms with Crippen LogP contribution in [0.3, 0.4) is 0 Å². The average Bonchev–Trinajstić information content (AvgIpc) is 2.90. The minimum absolute atomic E-state index is 0.0127. The first kappa shape index (κ1) is 27.0. The van der Waals surface area contributed by atoms with E-state index in [1.807, 2.05) is 30.3 Å². The van der Waals surface area contributed by atoms with Crippen LogP contribution in [0, 0.1) is 0 Å². The van der Waals surface area contributed by atoms with Crippen molar-refractivity contribution in [2.45, 2.75) is 24.4 Å². The van der Waals surface area contributed by atoms with Crippen molar-refractivity contribution >= 4 is 39.1 Å². The lowest BCUT2D eigenvalue weighted by molar-refractivity contribution is -0.139. The van der Waals surface area contributed by atoms with Crippen LogP contribution in [0.5, 0.6) is 5.75 Å². The van der Waals surface area contributed by atoms with E-state index in [-0.39, 0.29) is 28.1 Å². The first-order valence-corrected chi connectivity index (χ1v) is 13.0. The lowest BCUT2D eigenvalue weighted by atomic mass is 10.1. The normalized spacial score (nSPS) is 11.9. The zero-order valence-electron chi connectivity index (χ0n) is 20.2. The number of hydrogen-bond acceptors (Lipinski definition) is 5. The van der Waals surface area contributed by atoms with Gasteiger partial charge in [-0.05, 0) is 42.8 Å². The van der Waals surface area contributed by atoms with Crippen LogP contribution in [0.25, 0.3) is 0 Å². The number of sulfonamides is 1. The summed E-state index contributed by atoms with van der Waals surface area (Å²) in [5.74, 6) is -0.562. The Balaban J connectivity index is 2.05. The number of likely N-dealkylation sites (N-methyl/N-ethyl adjacent to an activating group) is 1. The number of anilines is 1. The number of methoxy groups -OCH3 is 1. The second kappa shape index (κ2) is 11.9. The first-order valence-electron chi connectivity index (χ1n) is 11.2. The first-order chi connectivity index (χ1) is 17.2. The van der Waals surface area contributed by atoms with E-state index in [0.29, 0.717) is 5.75 Å². The van der Waals surface area contributed by atoms with E-state index in [0.717, 1.165) is 9.87 Å². The molecule has 2 amide bonds. The lowest BCUT2D eigenvalue weighted by Crippen LogP contribution is -2.50. The molecule has 0 aliphatic rings. The van der Waals surface area contributed by atoms with Crippen LogP contribution in [0.1, 0.15) is 12.5 Å². The molecule has 36 heavy (non-hydrogen) atoms. The molecule has 3 rings (SSSR count). The molecule has 3 aromatic rings. The number of amides is 2. The smallest absolute Gasteiger partial charge is 0.264 e. The van der Waals surface area contributed by atoms with Gasteiger partial charge in [-0.25, -0.2) is 8.42 Å². The van der Waals surface area contributed by atoms with E-state index in [2.05, 4.69) is 5.32 Å². The summed E-state index contributed by atoms with van der Waals surface area (Å²) in [4.78, 5) is 27.5. The number of nitrogens with one attached hydrogen (secondary N) is 1. The molecule has 0 spiro atoms. The third-order valence-electron chi connectivity index (χ3n) is 5.64. The van der Waals surface area contributed by atoms with Crippen LogP contribution in [-0.2, 0) is 26.2 Å². The van der Waals surface area contributed by atoms with Crippen molar-refractivity contribution in [1.29, 1.82) is 0 Å². The summed E-state index contributed by atoms with van der Waals surface area (Å²) < 4.78 is 33.5. The van der Waals surface area contributed by atoms with Crippen molar-refractivity contribution in [1.82, 2.24) is 10.2 Å². The number of hydrogen-bond donors (Lipinski definition) is 1. The molecule has 0 aliphatic heterocycles. The summed E-state index contributed by atoms with van der Waals surface area (Å²) in [5, 5.41) is 2.74. The van der Waals surface area contributed by atoms with Gasteiger partial charge < -0.3 is 15.0 Å². The van der Waals surface area contributed by atoms with Crippen LogP contribution >= 0.6 is 11.6 Å². The molecule has 0 saturated heterocycles. The van der Waals surface area contributed by atoms with Gasteiger partial charge in [0, 0.05) is 13.6 Å². The van der Waals surface area contributed by atoms with Crippen molar-refractivity contribution in [3.63, 3.8) is 0 Å². The molecule has 3 aromatic carbocycles. The molecule has 0 bridgehead atoms. The Labute approximate surface area is 216 Å². The molecule has 8 nitrogen and oxygen atoms in total. The van der Waals surface area contributed by atoms with Gasteiger partial charge in [-0.3, -0.25) is 13.9 Å². The summed E-state index contributed by atoms with van der Waals surface area (Å²) in [6.45, 7) is 1.17. The van der Waals surface area contributed by atoms with Crippen molar-refractivity contribution in [2.24, 2.45) is 0 Å². The number of carbonyl (C=O) groups excluding carboxylic acids is 2. The summed E-state index contributed by atoms with van der Waals surface area (Å²) in [6, 6.07) is 20.6. The highest BCUT2D eigenvalue weighted by Crippen LogP contribution is 2.32. The molecular formula is C26H28ClN3O5S. The molecule has 0 unspecified atom stereocenters. The average molecular weight is 530 g/mol. The van der Waals surface area contributed by atoms with Gasteiger partial charge in [0.15, 0.2) is 0 Å². The molecule has 190 valence electrons. The maximum Gasteiger partial charge on any atom is 0.264 e. The zero-order chi connectivity index (χ0) is 26.3. The second-order valence-corrected chi connectivity index (χ2v) is 10.2. The third kappa shape index (κ3) is 6.16. The lowest BCUT2D eigenvalue weighted by Gasteiger charge is -2.31. The van der Waals surface area contributed by atoms with Gasteiger partial charge in [0.05, 0.1) is 22.7 Å². The number of carbonyl (C=O) groups is 2. The highest BCUT2D eigenvalue weighted by molar-refractivity contribution is 7.92. The van der Waals surface area contributed by atoms with Gasteiger partial charge in [-0.2, -0.15) is 0 Å². The molecule has 0 heterocycles. The molecule has 0 aromatic heterocycles. The number of benzene rings is 3. The van der Waals surface area contributed by atoms with Crippen molar-refractivity contribution in [3.8, 4) is 5.75 Å². The molecule has 0 aliphatic carbocycles. The van der Waals surface area contributed by atoms with Crippen molar-refractivity contribution in [3.05, 3.63) is 89.4 Å². The number of ether oxygens (including phenoxy) is 1. The maximum atomic E-state index is 13.7. The fraction of sp³-hybridized carbons (Fsp3) is 0.231. The van der Waals surface area contributed by atoms with E-state index in [9.17, 15) is 18.0 Å². The van der Waals surface area contributed by atoms with E-state index in [1.165, 1.54) is 49.4 Å². The Kier molecular flexibility index (Phi) is 8.95. The molecule has 0 fully saturated rings. The standard InChI is InChI=1S/C26H28ClN3O5S/c1-19(26(32)28-2)29(17-20-10-6-4-7-11-20)25(31)18-30(21-14-15-24(35-3)23(27)16-21)36(33,34)22-12-8-5-9-13-22/h4-16,19H,17-18H2,1-3H3,(H,28,32)/t19-/m0/s1. The van der Waals surface area contributed by atoms with E-state index in [4.69, 9.17) is 16.3 Å². The monoisotopic (exact) mass is 529 g/mol. The number of halogens is 1. The minimum Gasteiger partial charge on any atom is -0.495 e. The zero-order valence-corrected chi connectivity index (χ0v) is 21.8. The van der Waals surface area contributed by atoms with Crippen LogP contribution in [0.15, 0.2) is 83.8 Å². The highest BCUT2D eigenvalue weighted by atomic mass is 35.5. The van der Waals surface area contributed by atoms with Crippen LogP contribution in [-0.4, -0.2) is 51.9 Å².